The van der Waals surface area contributed by atoms with Gasteiger partial charge in [-0.2, -0.15) is 0 Å². The third-order valence-corrected chi connectivity index (χ3v) is 5.79. The van der Waals surface area contributed by atoms with E-state index >= 15 is 0 Å². The van der Waals surface area contributed by atoms with Crippen molar-refractivity contribution in [1.82, 2.24) is 0 Å². The average molecular weight is 312 g/mol. The third-order valence-electron chi connectivity index (χ3n) is 3.28. The van der Waals surface area contributed by atoms with Crippen molar-refractivity contribution in [1.29, 1.82) is 0 Å². The molecule has 0 saturated heterocycles. The molecule has 0 aliphatic rings. The van der Waals surface area contributed by atoms with Crippen molar-refractivity contribution in [2.24, 2.45) is 0 Å². The van der Waals surface area contributed by atoms with Gasteiger partial charge >= 0.3 is 0 Å². The molecule has 20 heavy (non-hydrogen) atoms. The lowest BCUT2D eigenvalue weighted by atomic mass is 10.00. The topological polar surface area (TPSA) is 0 Å². The summed E-state index contributed by atoms with van der Waals surface area (Å²) in [4.78, 5) is 1.27. The molecule has 0 heterocycles. The van der Waals surface area contributed by atoms with E-state index in [1.165, 1.54) is 17.0 Å². The van der Waals surface area contributed by atoms with Crippen LogP contribution in [0.5, 0.6) is 0 Å². The van der Waals surface area contributed by atoms with Crippen molar-refractivity contribution in [3.05, 3.63) is 47.5 Å². The largest absolute Gasteiger partial charge is 0.223 e. The molecule has 0 aliphatic carbocycles. The first-order valence-corrected chi connectivity index (χ1v) is 9.68. The van der Waals surface area contributed by atoms with Gasteiger partial charge in [0.2, 0.25) is 0 Å². The van der Waals surface area contributed by atoms with E-state index in [1.807, 2.05) is 12.1 Å². The van der Waals surface area contributed by atoms with E-state index in [2.05, 4.69) is 34.1 Å². The van der Waals surface area contributed by atoms with Crippen molar-refractivity contribution in [3.8, 4) is 11.1 Å². The lowest BCUT2D eigenvalue weighted by molar-refractivity contribution is 0.508. The van der Waals surface area contributed by atoms with Crippen molar-refractivity contribution in [2.45, 2.75) is 11.8 Å². The van der Waals surface area contributed by atoms with Crippen molar-refractivity contribution in [3.63, 3.8) is 0 Å². The molecule has 0 nitrogen and oxygen atoms in total. The Kier molecular flexibility index (Phi) is 4.22. The van der Waals surface area contributed by atoms with Crippen LogP contribution in [0.1, 0.15) is 5.56 Å². The highest BCUT2D eigenvalue weighted by molar-refractivity contribution is 8.32. The van der Waals surface area contributed by atoms with Crippen LogP contribution >= 0.6 is 19.3 Å². The zero-order valence-electron chi connectivity index (χ0n) is 12.1. The van der Waals surface area contributed by atoms with Crippen molar-refractivity contribution >= 4 is 24.6 Å². The second kappa shape index (κ2) is 5.46. The van der Waals surface area contributed by atoms with Crippen LogP contribution in [0.2, 0.25) is 0 Å². The van der Waals surface area contributed by atoms with Gasteiger partial charge in [0.05, 0.1) is 0 Å². The molecule has 1 atom stereocenters. The number of benzene rings is 2. The van der Waals surface area contributed by atoms with Crippen LogP contribution in [-0.4, -0.2) is 18.8 Å². The normalized spacial score (nSPS) is 12.6. The number of hydrogen-bond acceptors (Lipinski definition) is 0. The standard InChI is InChI=1S/C16H19F2PS/c1-10-8-13(17)14(18)9-12(10)11-6-5-7-15(16(11)19)20(2,3)4/h5-9H,19H2,1-4H3. The quantitative estimate of drug-likeness (QED) is 0.717. The molecular formula is C16H19F2PS. The molecule has 2 aromatic carbocycles. The summed E-state index contributed by atoms with van der Waals surface area (Å²) in [7, 11) is 1.88. The maximum Gasteiger partial charge on any atom is 0.159 e. The highest BCUT2D eigenvalue weighted by Crippen LogP contribution is 2.45. The van der Waals surface area contributed by atoms with Crippen LogP contribution in [0.3, 0.4) is 0 Å². The molecule has 0 fully saturated rings. The molecular weight excluding hydrogens is 293 g/mol. The second-order valence-corrected chi connectivity index (χ2v) is 10.3. The fraction of sp³-hybridized carbons (Fsp3) is 0.250. The van der Waals surface area contributed by atoms with Crippen molar-refractivity contribution < 1.29 is 8.78 Å². The van der Waals surface area contributed by atoms with Gasteiger partial charge in [0.25, 0.3) is 0 Å². The molecule has 0 saturated carbocycles. The highest BCUT2D eigenvalue weighted by Gasteiger charge is 2.16. The highest BCUT2D eigenvalue weighted by atomic mass is 32.3. The minimum absolute atomic E-state index is 0.744. The van der Waals surface area contributed by atoms with Gasteiger partial charge in [-0.15, -0.1) is 9.24 Å². The summed E-state index contributed by atoms with van der Waals surface area (Å²) in [5.74, 6) is -1.60. The van der Waals surface area contributed by atoms with Gasteiger partial charge in [0, 0.05) is 0 Å². The number of hydrogen-bond donors (Lipinski definition) is 0. The predicted molar refractivity (Wildman–Crippen MR) is 89.5 cm³/mol. The lowest BCUT2D eigenvalue weighted by Crippen LogP contribution is -2.09. The van der Waals surface area contributed by atoms with E-state index in [0.717, 1.165) is 22.0 Å². The molecule has 0 amide bonds. The number of rotatable bonds is 2. The summed E-state index contributed by atoms with van der Waals surface area (Å²) in [6, 6.07) is 8.59. The Hall–Kier alpha value is -0.920. The smallest absolute Gasteiger partial charge is 0.159 e. The van der Waals surface area contributed by atoms with E-state index in [4.69, 9.17) is 0 Å². The summed E-state index contributed by atoms with van der Waals surface area (Å²) in [5, 5.41) is 1.07. The Morgan fingerprint density at radius 1 is 0.950 bits per heavy atom. The maximum atomic E-state index is 13.5. The fourth-order valence-electron chi connectivity index (χ4n) is 2.25. The Morgan fingerprint density at radius 2 is 1.55 bits per heavy atom. The molecule has 0 aliphatic heterocycles. The molecule has 2 rings (SSSR count). The van der Waals surface area contributed by atoms with Gasteiger partial charge in [0.15, 0.2) is 11.6 Å². The minimum Gasteiger partial charge on any atom is -0.223 e. The molecule has 0 radical (unpaired) electrons. The van der Waals surface area contributed by atoms with Gasteiger partial charge in [-0.3, -0.25) is 0 Å². The SMILES string of the molecule is Cc1cc(F)c(F)cc1-c1cccc(S(C)(C)C)c1P. The van der Waals surface area contributed by atoms with Crippen molar-refractivity contribution in [2.75, 3.05) is 18.8 Å². The summed E-state index contributed by atoms with van der Waals surface area (Å²) in [5.41, 5.74) is 2.44. The summed E-state index contributed by atoms with van der Waals surface area (Å²) < 4.78 is 26.8. The zero-order chi connectivity index (χ0) is 15.1. The molecule has 108 valence electrons. The van der Waals surface area contributed by atoms with Gasteiger partial charge in [-0.25, -0.2) is 18.8 Å². The molecule has 4 heteroatoms. The monoisotopic (exact) mass is 312 g/mol. The van der Waals surface area contributed by atoms with Crippen LogP contribution in [-0.2, 0) is 0 Å². The average Bonchev–Trinajstić information content (AvgIpc) is 2.33. The van der Waals surface area contributed by atoms with Crippen LogP contribution in [0, 0.1) is 18.6 Å². The third kappa shape index (κ3) is 2.89. The predicted octanol–water partition coefficient (Wildman–Crippen LogP) is 4.49. The van der Waals surface area contributed by atoms with E-state index in [1.54, 1.807) is 6.92 Å². The molecule has 0 N–H and O–H groups in total. The second-order valence-electron chi connectivity index (χ2n) is 5.64. The summed E-state index contributed by atoms with van der Waals surface area (Å²) >= 11 is 0. The van der Waals surface area contributed by atoms with Gasteiger partial charge in [-0.1, -0.05) is 12.1 Å². The Labute approximate surface area is 123 Å². The van der Waals surface area contributed by atoms with Crippen LogP contribution < -0.4 is 5.30 Å². The Balaban J connectivity index is 2.69. The first kappa shape index (κ1) is 15.5. The summed E-state index contributed by atoms with van der Waals surface area (Å²) in [6.45, 7) is 1.80. The first-order chi connectivity index (χ1) is 9.21. The Morgan fingerprint density at radius 3 is 2.15 bits per heavy atom. The van der Waals surface area contributed by atoms with E-state index in [-0.39, 0.29) is 0 Å². The van der Waals surface area contributed by atoms with Gasteiger partial charge in [-0.05, 0) is 70.8 Å². The van der Waals surface area contributed by atoms with Gasteiger partial charge in [0.1, 0.15) is 0 Å². The van der Waals surface area contributed by atoms with E-state index in [0.29, 0.717) is 0 Å². The minimum atomic E-state index is -0.884. The molecule has 0 bridgehead atoms. The fourth-order valence-corrected chi connectivity index (χ4v) is 4.91. The summed E-state index contributed by atoms with van der Waals surface area (Å²) in [6.07, 6.45) is 6.66. The number of halogens is 2. The molecule has 2 aromatic rings. The number of aryl methyl sites for hydroxylation is 1. The van der Waals surface area contributed by atoms with Crippen LogP contribution in [0.15, 0.2) is 35.2 Å². The first-order valence-electron chi connectivity index (χ1n) is 6.24. The molecule has 0 aromatic heterocycles. The molecule has 1 unspecified atom stereocenters. The van der Waals surface area contributed by atoms with E-state index in [9.17, 15) is 8.78 Å². The lowest BCUT2D eigenvalue weighted by Gasteiger charge is -2.29. The maximum absolute atomic E-state index is 13.5. The zero-order valence-corrected chi connectivity index (χ0v) is 14.1. The van der Waals surface area contributed by atoms with Crippen LogP contribution in [0.4, 0.5) is 8.78 Å². The van der Waals surface area contributed by atoms with Gasteiger partial charge < -0.3 is 0 Å². The van der Waals surface area contributed by atoms with Crippen LogP contribution in [0.25, 0.3) is 11.1 Å². The molecule has 0 spiro atoms. The van der Waals surface area contributed by atoms with E-state index < -0.39 is 21.7 Å². The Bertz CT molecular complexity index is 660.